The zero-order valence-electron chi connectivity index (χ0n) is 11.9. The highest BCUT2D eigenvalue weighted by Gasteiger charge is 2.25. The van der Waals surface area contributed by atoms with Crippen LogP contribution < -0.4 is 0 Å². The molecule has 2 atom stereocenters. The van der Waals surface area contributed by atoms with Gasteiger partial charge in [-0.15, -0.1) is 0 Å². The predicted octanol–water partition coefficient (Wildman–Crippen LogP) is 5.74. The Hall–Kier alpha value is -0.570. The molecule has 3 heteroatoms. The van der Waals surface area contributed by atoms with Crippen LogP contribution in [-0.4, -0.2) is 12.7 Å². The van der Waals surface area contributed by atoms with E-state index in [0.717, 1.165) is 15.9 Å². The van der Waals surface area contributed by atoms with E-state index in [0.29, 0.717) is 18.4 Å². The molecule has 0 spiro atoms. The van der Waals surface area contributed by atoms with Crippen molar-refractivity contribution in [3.05, 3.63) is 57.6 Å². The Bertz CT molecular complexity index is 508. The minimum Gasteiger partial charge on any atom is -0.373 e. The van der Waals surface area contributed by atoms with E-state index in [1.165, 1.54) is 5.56 Å². The first-order valence-electron chi connectivity index (χ1n) is 6.98. The summed E-state index contributed by atoms with van der Waals surface area (Å²) >= 11 is 9.61. The number of halogens is 2. The van der Waals surface area contributed by atoms with Crippen LogP contribution in [-0.2, 0) is 4.74 Å². The maximum atomic E-state index is 6.18. The molecule has 108 valence electrons. The average Bonchev–Trinajstić information content (AvgIpc) is 2.86. The molecule has 2 unspecified atom stereocenters. The molecule has 0 radical (unpaired) electrons. The fourth-order valence-electron chi connectivity index (χ4n) is 2.35. The summed E-state index contributed by atoms with van der Waals surface area (Å²) in [5, 5.41) is 0.751. The van der Waals surface area contributed by atoms with E-state index in [4.69, 9.17) is 16.3 Å². The Balaban J connectivity index is 1.99. The third kappa shape index (κ3) is 4.21. The zero-order chi connectivity index (χ0) is 14.5. The smallest absolute Gasteiger partial charge is 0.0716 e. The van der Waals surface area contributed by atoms with E-state index in [1.807, 2.05) is 12.1 Å². The van der Waals surface area contributed by atoms with E-state index in [-0.39, 0.29) is 6.10 Å². The Kier molecular flexibility index (Phi) is 5.88. The molecule has 0 heterocycles. The molecule has 0 aliphatic heterocycles. The van der Waals surface area contributed by atoms with E-state index in [1.54, 1.807) is 0 Å². The van der Waals surface area contributed by atoms with Crippen molar-refractivity contribution in [2.45, 2.75) is 32.3 Å². The minimum absolute atomic E-state index is 0.212. The summed E-state index contributed by atoms with van der Waals surface area (Å²) in [6.07, 6.45) is 9.87. The van der Waals surface area contributed by atoms with Crippen molar-refractivity contribution in [3.63, 3.8) is 0 Å². The summed E-state index contributed by atoms with van der Waals surface area (Å²) in [6, 6.07) is 6.13. The lowest BCUT2D eigenvalue weighted by atomic mass is 9.96. The first-order chi connectivity index (χ1) is 9.58. The molecule has 0 N–H and O–H groups in total. The van der Waals surface area contributed by atoms with Gasteiger partial charge in [-0.05, 0) is 46.0 Å². The molecule has 2 rings (SSSR count). The maximum absolute atomic E-state index is 6.18. The predicted molar refractivity (Wildman–Crippen MR) is 89.4 cm³/mol. The maximum Gasteiger partial charge on any atom is 0.0716 e. The van der Waals surface area contributed by atoms with Gasteiger partial charge in [0.1, 0.15) is 0 Å². The molecule has 1 nitrogen and oxygen atoms in total. The monoisotopic (exact) mass is 354 g/mol. The summed E-state index contributed by atoms with van der Waals surface area (Å²) in [5.74, 6) is 0.870. The van der Waals surface area contributed by atoms with E-state index < -0.39 is 0 Å². The van der Waals surface area contributed by atoms with Gasteiger partial charge in [-0.2, -0.15) is 0 Å². The number of ether oxygens (including phenoxy) is 1. The Morgan fingerprint density at radius 3 is 2.95 bits per heavy atom. The van der Waals surface area contributed by atoms with Crippen LogP contribution in [0.4, 0.5) is 0 Å². The highest BCUT2D eigenvalue weighted by Crippen LogP contribution is 2.34. The number of benzene rings is 1. The molecule has 1 aromatic rings. The molecular formula is C17H20BrClO. The quantitative estimate of drug-likeness (QED) is 0.612. The zero-order valence-corrected chi connectivity index (χ0v) is 14.2. The highest BCUT2D eigenvalue weighted by atomic mass is 79.9. The van der Waals surface area contributed by atoms with Crippen LogP contribution in [0.1, 0.15) is 31.7 Å². The Labute approximate surface area is 134 Å². The fraction of sp³-hybridized carbons (Fsp3) is 0.412. The number of rotatable bonds is 5. The molecular weight excluding hydrogens is 336 g/mol. The second-order valence-electron chi connectivity index (χ2n) is 5.41. The molecule has 0 aromatic heterocycles. The van der Waals surface area contributed by atoms with Crippen molar-refractivity contribution in [1.82, 2.24) is 0 Å². The van der Waals surface area contributed by atoms with Gasteiger partial charge in [0.25, 0.3) is 0 Å². The lowest BCUT2D eigenvalue weighted by Gasteiger charge is -2.20. The van der Waals surface area contributed by atoms with Gasteiger partial charge in [-0.1, -0.05) is 55.8 Å². The summed E-state index contributed by atoms with van der Waals surface area (Å²) in [7, 11) is 0. The number of allylic oxidation sites excluding steroid dienone is 1. The number of hydrogen-bond acceptors (Lipinski definition) is 1. The first kappa shape index (κ1) is 15.8. The van der Waals surface area contributed by atoms with Crippen molar-refractivity contribution < 1.29 is 4.74 Å². The molecule has 0 saturated carbocycles. The van der Waals surface area contributed by atoms with Crippen LogP contribution in [0.15, 0.2) is 47.0 Å². The van der Waals surface area contributed by atoms with Gasteiger partial charge in [0, 0.05) is 10.4 Å². The van der Waals surface area contributed by atoms with E-state index in [2.05, 4.69) is 60.1 Å². The van der Waals surface area contributed by atoms with Crippen LogP contribution in [0.25, 0.3) is 0 Å². The highest BCUT2D eigenvalue weighted by molar-refractivity contribution is 9.10. The third-order valence-corrected chi connectivity index (χ3v) is 4.60. The SMILES string of the molecule is CC(C)/C=C/COC1CC=CC1c1ccc(Br)c(Cl)c1. The van der Waals surface area contributed by atoms with Gasteiger partial charge in [-0.25, -0.2) is 0 Å². The third-order valence-electron chi connectivity index (χ3n) is 3.37. The van der Waals surface area contributed by atoms with E-state index >= 15 is 0 Å². The molecule has 0 bridgehead atoms. The molecule has 1 aliphatic rings. The van der Waals surface area contributed by atoms with Crippen molar-refractivity contribution in [3.8, 4) is 0 Å². The lowest BCUT2D eigenvalue weighted by molar-refractivity contribution is 0.0720. The van der Waals surface area contributed by atoms with Crippen LogP contribution in [0.5, 0.6) is 0 Å². The van der Waals surface area contributed by atoms with Crippen LogP contribution in [0.3, 0.4) is 0 Å². The molecule has 1 aromatic carbocycles. The summed E-state index contributed by atoms with van der Waals surface area (Å²) < 4.78 is 6.92. The molecule has 0 saturated heterocycles. The van der Waals surface area contributed by atoms with Gasteiger partial charge < -0.3 is 4.74 Å². The van der Waals surface area contributed by atoms with Crippen molar-refractivity contribution in [2.75, 3.05) is 6.61 Å². The molecule has 0 amide bonds. The summed E-state index contributed by atoms with van der Waals surface area (Å²) in [5.41, 5.74) is 1.21. The topological polar surface area (TPSA) is 9.23 Å². The van der Waals surface area contributed by atoms with Gasteiger partial charge >= 0.3 is 0 Å². The molecule has 1 aliphatic carbocycles. The second kappa shape index (κ2) is 7.44. The van der Waals surface area contributed by atoms with Gasteiger partial charge in [0.15, 0.2) is 0 Å². The van der Waals surface area contributed by atoms with Crippen LogP contribution in [0, 0.1) is 5.92 Å². The van der Waals surface area contributed by atoms with Crippen molar-refractivity contribution in [2.24, 2.45) is 5.92 Å². The number of hydrogen-bond donors (Lipinski definition) is 0. The fourth-order valence-corrected chi connectivity index (χ4v) is 2.79. The first-order valence-corrected chi connectivity index (χ1v) is 8.15. The molecule has 0 fully saturated rings. The Morgan fingerprint density at radius 2 is 2.25 bits per heavy atom. The van der Waals surface area contributed by atoms with Crippen LogP contribution in [0.2, 0.25) is 5.02 Å². The molecule has 20 heavy (non-hydrogen) atoms. The van der Waals surface area contributed by atoms with Gasteiger partial charge in [0.2, 0.25) is 0 Å². The van der Waals surface area contributed by atoms with Crippen molar-refractivity contribution >= 4 is 27.5 Å². The second-order valence-corrected chi connectivity index (χ2v) is 6.67. The van der Waals surface area contributed by atoms with Gasteiger partial charge in [-0.3, -0.25) is 0 Å². The minimum atomic E-state index is 0.212. The van der Waals surface area contributed by atoms with E-state index in [9.17, 15) is 0 Å². The average molecular weight is 356 g/mol. The van der Waals surface area contributed by atoms with Gasteiger partial charge in [0.05, 0.1) is 17.7 Å². The largest absolute Gasteiger partial charge is 0.373 e. The van der Waals surface area contributed by atoms with Crippen LogP contribution >= 0.6 is 27.5 Å². The lowest BCUT2D eigenvalue weighted by Crippen LogP contribution is -2.17. The standard InChI is InChI=1S/C17H20BrClO/c1-12(2)5-4-10-20-17-7-3-6-14(17)13-8-9-15(18)16(19)11-13/h3-6,8-9,11-12,14,17H,7,10H2,1-2H3/b5-4+. The summed E-state index contributed by atoms with van der Waals surface area (Å²) in [6.45, 7) is 5.01. The normalized spacial score (nSPS) is 22.2. The Morgan fingerprint density at radius 1 is 1.45 bits per heavy atom. The van der Waals surface area contributed by atoms with Crippen molar-refractivity contribution in [1.29, 1.82) is 0 Å². The summed E-state index contributed by atoms with van der Waals surface area (Å²) in [4.78, 5) is 0.